The largest absolute Gasteiger partial charge is 0.491 e. The smallest absolute Gasteiger partial charge is 0.265 e. The first-order valence-electron chi connectivity index (χ1n) is 6.37. The Kier molecular flexibility index (Phi) is 4.32. The van der Waals surface area contributed by atoms with E-state index >= 15 is 0 Å². The second-order valence-corrected chi connectivity index (χ2v) is 6.36. The molecule has 0 atom stereocenters. The van der Waals surface area contributed by atoms with Crippen LogP contribution in [0.2, 0.25) is 0 Å². The fraction of sp³-hybridized carbons (Fsp3) is 0.214. The zero-order chi connectivity index (χ0) is 15.5. The van der Waals surface area contributed by atoms with Crippen molar-refractivity contribution in [3.05, 3.63) is 42.7 Å². The molecule has 21 heavy (non-hydrogen) atoms. The standard InChI is InChI=1S/C14H17N3O3S/c1-10(2)20-12-5-3-11(4-6-12)17-21(18,19)14-9-16-8-7-13(14)15/h3-10,17H,1-2H3,(H2,15,16). The Hall–Kier alpha value is -2.28. The molecule has 2 aromatic rings. The second-order valence-electron chi connectivity index (χ2n) is 4.71. The van der Waals surface area contributed by atoms with Gasteiger partial charge in [-0.1, -0.05) is 0 Å². The van der Waals surface area contributed by atoms with E-state index in [-0.39, 0.29) is 16.7 Å². The van der Waals surface area contributed by atoms with Crippen LogP contribution in [0.4, 0.5) is 11.4 Å². The molecule has 112 valence electrons. The van der Waals surface area contributed by atoms with Crippen molar-refractivity contribution in [3.63, 3.8) is 0 Å². The van der Waals surface area contributed by atoms with E-state index in [0.29, 0.717) is 11.4 Å². The Balaban J connectivity index is 2.19. The normalized spacial score (nSPS) is 11.4. The lowest BCUT2D eigenvalue weighted by Crippen LogP contribution is -2.15. The Labute approximate surface area is 124 Å². The van der Waals surface area contributed by atoms with Gasteiger partial charge in [0.2, 0.25) is 0 Å². The molecule has 0 amide bonds. The van der Waals surface area contributed by atoms with Gasteiger partial charge in [0.25, 0.3) is 10.0 Å². The highest BCUT2D eigenvalue weighted by molar-refractivity contribution is 7.92. The van der Waals surface area contributed by atoms with E-state index in [9.17, 15) is 8.42 Å². The number of nitrogens with two attached hydrogens (primary N) is 1. The number of benzene rings is 1. The molecule has 1 aromatic carbocycles. The van der Waals surface area contributed by atoms with Gasteiger partial charge in [-0.15, -0.1) is 0 Å². The van der Waals surface area contributed by atoms with Gasteiger partial charge in [0.15, 0.2) is 0 Å². The molecule has 6 nitrogen and oxygen atoms in total. The number of hydrogen-bond acceptors (Lipinski definition) is 5. The van der Waals surface area contributed by atoms with Gasteiger partial charge in [-0.2, -0.15) is 0 Å². The van der Waals surface area contributed by atoms with Gasteiger partial charge in [0.1, 0.15) is 10.6 Å². The van der Waals surface area contributed by atoms with Crippen LogP contribution < -0.4 is 15.2 Å². The third kappa shape index (κ3) is 3.85. The van der Waals surface area contributed by atoms with E-state index in [1.807, 2.05) is 13.8 Å². The Morgan fingerprint density at radius 1 is 1.19 bits per heavy atom. The quantitative estimate of drug-likeness (QED) is 0.883. The topological polar surface area (TPSA) is 94.3 Å². The van der Waals surface area contributed by atoms with Crippen LogP contribution >= 0.6 is 0 Å². The van der Waals surface area contributed by atoms with Crippen LogP contribution in [0.25, 0.3) is 0 Å². The first kappa shape index (κ1) is 15.1. The van der Waals surface area contributed by atoms with Crippen LogP contribution in [0.5, 0.6) is 5.75 Å². The number of aromatic nitrogens is 1. The minimum absolute atomic E-state index is 0.0486. The fourth-order valence-corrected chi connectivity index (χ4v) is 2.83. The highest BCUT2D eigenvalue weighted by Gasteiger charge is 2.17. The summed E-state index contributed by atoms with van der Waals surface area (Å²) in [4.78, 5) is 3.73. The molecule has 0 saturated carbocycles. The molecule has 0 radical (unpaired) electrons. The minimum atomic E-state index is -3.76. The van der Waals surface area contributed by atoms with Crippen molar-refractivity contribution < 1.29 is 13.2 Å². The third-order valence-electron chi connectivity index (χ3n) is 2.58. The fourth-order valence-electron chi connectivity index (χ4n) is 1.70. The summed E-state index contributed by atoms with van der Waals surface area (Å²) in [5, 5.41) is 0. The number of nitrogens with zero attached hydrogens (tertiary/aromatic N) is 1. The average molecular weight is 307 g/mol. The molecule has 0 aliphatic carbocycles. The van der Waals surface area contributed by atoms with Crippen LogP contribution in [-0.4, -0.2) is 19.5 Å². The van der Waals surface area contributed by atoms with Gasteiger partial charge in [-0.05, 0) is 44.2 Å². The molecule has 0 unspecified atom stereocenters. The number of anilines is 2. The highest BCUT2D eigenvalue weighted by atomic mass is 32.2. The van der Waals surface area contributed by atoms with E-state index < -0.39 is 10.0 Å². The van der Waals surface area contributed by atoms with Crippen molar-refractivity contribution in [1.82, 2.24) is 4.98 Å². The molecule has 1 heterocycles. The van der Waals surface area contributed by atoms with E-state index in [4.69, 9.17) is 10.5 Å². The Bertz CT molecular complexity index is 712. The number of hydrogen-bond donors (Lipinski definition) is 2. The summed E-state index contributed by atoms with van der Waals surface area (Å²) < 4.78 is 32.4. The maximum atomic E-state index is 12.2. The summed E-state index contributed by atoms with van der Waals surface area (Å²) in [6.07, 6.45) is 2.71. The summed E-state index contributed by atoms with van der Waals surface area (Å²) >= 11 is 0. The molecule has 0 saturated heterocycles. The molecular formula is C14H17N3O3S. The van der Waals surface area contributed by atoms with Crippen molar-refractivity contribution in [1.29, 1.82) is 0 Å². The van der Waals surface area contributed by atoms with Gasteiger partial charge in [-0.25, -0.2) is 8.42 Å². The third-order valence-corrected chi connectivity index (χ3v) is 4.01. The lowest BCUT2D eigenvalue weighted by molar-refractivity contribution is 0.242. The molecule has 0 bridgehead atoms. The Morgan fingerprint density at radius 2 is 1.86 bits per heavy atom. The van der Waals surface area contributed by atoms with Gasteiger partial charge in [-0.3, -0.25) is 9.71 Å². The van der Waals surface area contributed by atoms with E-state index in [1.54, 1.807) is 24.3 Å². The monoisotopic (exact) mass is 307 g/mol. The maximum Gasteiger partial charge on any atom is 0.265 e. The van der Waals surface area contributed by atoms with Crippen molar-refractivity contribution in [3.8, 4) is 5.75 Å². The maximum absolute atomic E-state index is 12.2. The molecule has 0 fully saturated rings. The zero-order valence-corrected chi connectivity index (χ0v) is 12.6. The first-order chi connectivity index (χ1) is 9.88. The van der Waals surface area contributed by atoms with Crippen molar-refractivity contribution in [2.24, 2.45) is 0 Å². The number of nitrogens with one attached hydrogen (secondary N) is 1. The number of pyridine rings is 1. The van der Waals surface area contributed by atoms with Gasteiger partial charge in [0, 0.05) is 18.1 Å². The van der Waals surface area contributed by atoms with E-state index in [1.165, 1.54) is 18.5 Å². The van der Waals surface area contributed by atoms with Crippen molar-refractivity contribution in [2.45, 2.75) is 24.8 Å². The predicted octanol–water partition coefficient (Wildman–Crippen LogP) is 2.25. The van der Waals surface area contributed by atoms with Crippen LogP contribution in [0.1, 0.15) is 13.8 Å². The van der Waals surface area contributed by atoms with Crippen LogP contribution in [0, 0.1) is 0 Å². The lowest BCUT2D eigenvalue weighted by Gasteiger charge is -2.12. The summed E-state index contributed by atoms with van der Waals surface area (Å²) in [5.41, 5.74) is 6.24. The SMILES string of the molecule is CC(C)Oc1ccc(NS(=O)(=O)c2cnccc2N)cc1. The molecule has 0 aliphatic heterocycles. The van der Waals surface area contributed by atoms with Gasteiger partial charge in [0.05, 0.1) is 11.8 Å². The van der Waals surface area contributed by atoms with E-state index in [0.717, 1.165) is 0 Å². The summed E-state index contributed by atoms with van der Waals surface area (Å²) in [5.74, 6) is 0.675. The molecule has 1 aromatic heterocycles. The number of ether oxygens (including phenoxy) is 1. The highest BCUT2D eigenvalue weighted by Crippen LogP contribution is 2.22. The summed E-state index contributed by atoms with van der Waals surface area (Å²) in [7, 11) is -3.76. The number of nitrogen functional groups attached to an aromatic ring is 1. The average Bonchev–Trinajstić information content (AvgIpc) is 2.40. The first-order valence-corrected chi connectivity index (χ1v) is 7.86. The van der Waals surface area contributed by atoms with Crippen LogP contribution in [-0.2, 0) is 10.0 Å². The lowest BCUT2D eigenvalue weighted by atomic mass is 10.3. The number of rotatable bonds is 5. The summed E-state index contributed by atoms with van der Waals surface area (Å²) in [6.45, 7) is 3.84. The zero-order valence-electron chi connectivity index (χ0n) is 11.8. The van der Waals surface area contributed by atoms with Crippen LogP contribution in [0.15, 0.2) is 47.6 Å². The molecule has 0 spiro atoms. The second kappa shape index (κ2) is 6.01. The number of sulfonamides is 1. The molecule has 3 N–H and O–H groups in total. The Morgan fingerprint density at radius 3 is 2.43 bits per heavy atom. The molecule has 2 rings (SSSR count). The summed E-state index contributed by atoms with van der Waals surface area (Å²) in [6, 6.07) is 8.09. The predicted molar refractivity (Wildman–Crippen MR) is 81.7 cm³/mol. The molecule has 7 heteroatoms. The van der Waals surface area contributed by atoms with E-state index in [2.05, 4.69) is 9.71 Å². The van der Waals surface area contributed by atoms with Gasteiger partial charge < -0.3 is 10.5 Å². The van der Waals surface area contributed by atoms with Crippen LogP contribution in [0.3, 0.4) is 0 Å². The van der Waals surface area contributed by atoms with Crippen molar-refractivity contribution in [2.75, 3.05) is 10.5 Å². The van der Waals surface area contributed by atoms with Gasteiger partial charge >= 0.3 is 0 Å². The molecular weight excluding hydrogens is 290 g/mol. The van der Waals surface area contributed by atoms with Crippen molar-refractivity contribution >= 4 is 21.4 Å². The molecule has 0 aliphatic rings. The minimum Gasteiger partial charge on any atom is -0.491 e.